The zero-order chi connectivity index (χ0) is 18.0. The molecule has 9 nitrogen and oxygen atoms in total. The lowest BCUT2D eigenvalue weighted by atomic mass is 9.81. The van der Waals surface area contributed by atoms with Gasteiger partial charge < -0.3 is 15.4 Å². The summed E-state index contributed by atoms with van der Waals surface area (Å²) in [5.41, 5.74) is 6.64. The molecular weight excluding hydrogens is 316 g/mol. The molecular formula is C15H20N4O5. The number of ether oxygens (including phenoxy) is 1. The molecule has 3 unspecified atom stereocenters. The quantitative estimate of drug-likeness (QED) is 0.617. The molecule has 130 valence electrons. The van der Waals surface area contributed by atoms with Crippen LogP contribution in [-0.4, -0.2) is 60.6 Å². The molecule has 9 heteroatoms. The van der Waals surface area contributed by atoms with E-state index < -0.39 is 41.4 Å². The summed E-state index contributed by atoms with van der Waals surface area (Å²) in [6.45, 7) is -0.466. The van der Waals surface area contributed by atoms with E-state index in [0.717, 1.165) is 4.90 Å². The largest absolute Gasteiger partial charge is 0.497 e. The molecule has 24 heavy (non-hydrogen) atoms. The monoisotopic (exact) mass is 336 g/mol. The first-order valence-electron chi connectivity index (χ1n) is 7.33. The molecule has 1 heterocycles. The second-order valence-corrected chi connectivity index (χ2v) is 5.70. The highest BCUT2D eigenvalue weighted by Gasteiger charge is 2.47. The van der Waals surface area contributed by atoms with Crippen molar-refractivity contribution >= 4 is 11.9 Å². The Labute approximate surface area is 139 Å². The number of carbonyl (C=O) groups is 2. The first-order valence-corrected chi connectivity index (χ1v) is 7.33. The number of carbonyl (C=O) groups excluding carboxylic acids is 2. The third kappa shape index (κ3) is 3.16. The van der Waals surface area contributed by atoms with Crippen LogP contribution in [0.2, 0.25) is 0 Å². The number of benzene rings is 1. The molecule has 0 saturated carbocycles. The van der Waals surface area contributed by atoms with Crippen LogP contribution in [0.4, 0.5) is 4.79 Å². The Bertz CT molecular complexity index is 648. The van der Waals surface area contributed by atoms with Gasteiger partial charge in [-0.2, -0.15) is 0 Å². The number of nitro groups is 1. The van der Waals surface area contributed by atoms with Crippen LogP contribution in [0.1, 0.15) is 11.5 Å². The second kappa shape index (κ2) is 6.83. The normalized spacial score (nSPS) is 22.5. The molecule has 1 aliphatic heterocycles. The van der Waals surface area contributed by atoms with Gasteiger partial charge in [0.1, 0.15) is 5.75 Å². The van der Waals surface area contributed by atoms with Crippen molar-refractivity contribution in [3.8, 4) is 5.75 Å². The SMILES string of the molecule is COc1ccc(C(C[N+](=O)[O-])C2C(=O)N(C)C(=O)N(C)C2N)cc1. The van der Waals surface area contributed by atoms with Gasteiger partial charge >= 0.3 is 6.03 Å². The summed E-state index contributed by atoms with van der Waals surface area (Å²) in [5, 5.41) is 11.1. The van der Waals surface area contributed by atoms with Crippen molar-refractivity contribution in [2.75, 3.05) is 27.7 Å². The van der Waals surface area contributed by atoms with Gasteiger partial charge in [-0.1, -0.05) is 12.1 Å². The number of hydrogen-bond donors (Lipinski definition) is 1. The summed E-state index contributed by atoms with van der Waals surface area (Å²) in [5.74, 6) is -1.58. The summed E-state index contributed by atoms with van der Waals surface area (Å²) in [4.78, 5) is 37.3. The molecule has 0 spiro atoms. The lowest BCUT2D eigenvalue weighted by Crippen LogP contribution is -2.64. The van der Waals surface area contributed by atoms with Gasteiger partial charge in [-0.25, -0.2) is 4.79 Å². The Balaban J connectivity index is 2.43. The zero-order valence-electron chi connectivity index (χ0n) is 13.7. The van der Waals surface area contributed by atoms with E-state index in [4.69, 9.17) is 10.5 Å². The van der Waals surface area contributed by atoms with Crippen molar-refractivity contribution in [3.63, 3.8) is 0 Å². The first kappa shape index (κ1) is 17.7. The van der Waals surface area contributed by atoms with Crippen LogP contribution < -0.4 is 10.5 Å². The average molecular weight is 336 g/mol. The molecule has 2 N–H and O–H groups in total. The van der Waals surface area contributed by atoms with Crippen molar-refractivity contribution in [1.82, 2.24) is 9.80 Å². The van der Waals surface area contributed by atoms with E-state index in [2.05, 4.69) is 0 Å². The molecule has 0 radical (unpaired) electrons. The van der Waals surface area contributed by atoms with Crippen LogP contribution in [0.5, 0.6) is 5.75 Å². The predicted molar refractivity (Wildman–Crippen MR) is 85.0 cm³/mol. The number of urea groups is 1. The summed E-state index contributed by atoms with van der Waals surface area (Å²) < 4.78 is 5.08. The van der Waals surface area contributed by atoms with E-state index in [0.29, 0.717) is 11.3 Å². The number of nitrogens with zero attached hydrogens (tertiary/aromatic N) is 3. The maximum Gasteiger partial charge on any atom is 0.327 e. The third-order valence-electron chi connectivity index (χ3n) is 4.34. The Hall–Kier alpha value is -2.68. The highest BCUT2D eigenvalue weighted by molar-refractivity contribution is 5.98. The Kier molecular flexibility index (Phi) is 5.03. The highest BCUT2D eigenvalue weighted by Crippen LogP contribution is 2.33. The Morgan fingerprint density at radius 1 is 1.29 bits per heavy atom. The lowest BCUT2D eigenvalue weighted by molar-refractivity contribution is -0.484. The summed E-state index contributed by atoms with van der Waals surface area (Å²) in [7, 11) is 4.33. The lowest BCUT2D eigenvalue weighted by Gasteiger charge is -2.42. The van der Waals surface area contributed by atoms with Gasteiger partial charge in [-0.05, 0) is 17.7 Å². The van der Waals surface area contributed by atoms with Crippen LogP contribution in [0, 0.1) is 16.0 Å². The molecule has 0 aromatic heterocycles. The van der Waals surface area contributed by atoms with Gasteiger partial charge in [0.25, 0.3) is 0 Å². The summed E-state index contributed by atoms with van der Waals surface area (Å²) >= 11 is 0. The Morgan fingerprint density at radius 2 is 1.88 bits per heavy atom. The minimum Gasteiger partial charge on any atom is -0.497 e. The fraction of sp³-hybridized carbons (Fsp3) is 0.467. The van der Waals surface area contributed by atoms with E-state index in [9.17, 15) is 19.7 Å². The molecule has 2 rings (SSSR count). The van der Waals surface area contributed by atoms with Gasteiger partial charge in [-0.3, -0.25) is 19.8 Å². The second-order valence-electron chi connectivity index (χ2n) is 5.70. The molecule has 1 fully saturated rings. The van der Waals surface area contributed by atoms with Crippen LogP contribution in [-0.2, 0) is 4.79 Å². The summed E-state index contributed by atoms with van der Waals surface area (Å²) in [6.07, 6.45) is -0.937. The van der Waals surface area contributed by atoms with Gasteiger partial charge in [0, 0.05) is 19.0 Å². The highest BCUT2D eigenvalue weighted by atomic mass is 16.6. The van der Waals surface area contributed by atoms with Crippen LogP contribution >= 0.6 is 0 Å². The maximum atomic E-state index is 12.6. The number of hydrogen-bond acceptors (Lipinski definition) is 6. The molecule has 1 aliphatic rings. The number of nitrogens with two attached hydrogens (primary N) is 1. The molecule has 3 atom stereocenters. The fourth-order valence-corrected chi connectivity index (χ4v) is 2.92. The molecule has 1 aromatic carbocycles. The smallest absolute Gasteiger partial charge is 0.327 e. The van der Waals surface area contributed by atoms with Crippen LogP contribution in [0.3, 0.4) is 0 Å². The van der Waals surface area contributed by atoms with Crippen molar-refractivity contribution in [2.24, 2.45) is 11.7 Å². The third-order valence-corrected chi connectivity index (χ3v) is 4.34. The van der Waals surface area contributed by atoms with Gasteiger partial charge in [0.2, 0.25) is 12.5 Å². The van der Waals surface area contributed by atoms with Crippen molar-refractivity contribution in [2.45, 2.75) is 12.1 Å². The molecule has 3 amide bonds. The average Bonchev–Trinajstić information content (AvgIpc) is 2.57. The summed E-state index contributed by atoms with van der Waals surface area (Å²) in [6, 6.07) is 6.14. The van der Waals surface area contributed by atoms with Crippen molar-refractivity contribution in [1.29, 1.82) is 0 Å². The van der Waals surface area contributed by atoms with Crippen LogP contribution in [0.25, 0.3) is 0 Å². The molecule has 1 saturated heterocycles. The number of methoxy groups -OCH3 is 1. The minimum atomic E-state index is -0.937. The van der Waals surface area contributed by atoms with E-state index >= 15 is 0 Å². The van der Waals surface area contributed by atoms with Gasteiger partial charge in [0.15, 0.2) is 0 Å². The zero-order valence-corrected chi connectivity index (χ0v) is 13.7. The van der Waals surface area contributed by atoms with E-state index in [1.54, 1.807) is 24.3 Å². The van der Waals surface area contributed by atoms with Crippen molar-refractivity contribution < 1.29 is 19.2 Å². The predicted octanol–water partition coefficient (Wildman–Crippen LogP) is 0.480. The van der Waals surface area contributed by atoms with E-state index in [-0.39, 0.29) is 0 Å². The maximum absolute atomic E-state index is 12.6. The molecule has 1 aromatic rings. The topological polar surface area (TPSA) is 119 Å². The number of amides is 3. The molecule has 0 aliphatic carbocycles. The van der Waals surface area contributed by atoms with Gasteiger partial charge in [-0.15, -0.1) is 0 Å². The van der Waals surface area contributed by atoms with E-state index in [1.807, 2.05) is 0 Å². The van der Waals surface area contributed by atoms with E-state index in [1.165, 1.54) is 26.1 Å². The Morgan fingerprint density at radius 3 is 2.38 bits per heavy atom. The standard InChI is InChI=1S/C15H20N4O5/c1-17-13(16)12(14(20)18(2)15(17)21)11(8-19(22)23)9-4-6-10(24-3)7-5-9/h4-7,11-13H,8,16H2,1-3H3. The number of imide groups is 1. The first-order chi connectivity index (χ1) is 11.3. The fourth-order valence-electron chi connectivity index (χ4n) is 2.92. The molecule has 0 bridgehead atoms. The van der Waals surface area contributed by atoms with Crippen molar-refractivity contribution in [3.05, 3.63) is 39.9 Å². The number of rotatable bonds is 5. The van der Waals surface area contributed by atoms with Gasteiger partial charge in [0.05, 0.1) is 25.1 Å². The minimum absolute atomic E-state index is 0.466. The van der Waals surface area contributed by atoms with Crippen LogP contribution in [0.15, 0.2) is 24.3 Å².